The van der Waals surface area contributed by atoms with Crippen molar-refractivity contribution >= 4 is 5.97 Å². The van der Waals surface area contributed by atoms with E-state index in [0.29, 0.717) is 17.7 Å². The van der Waals surface area contributed by atoms with Gasteiger partial charge in [-0.2, -0.15) is 26.3 Å². The minimum absolute atomic E-state index is 0.0377. The minimum atomic E-state index is -4.97. The molecule has 3 rings (SSSR count). The zero-order valence-corrected chi connectivity index (χ0v) is 14.6. The first-order valence-corrected chi connectivity index (χ1v) is 7.93. The number of hydrogen-bond acceptors (Lipinski definition) is 4. The number of rotatable bonds is 3. The summed E-state index contributed by atoms with van der Waals surface area (Å²) in [6.45, 7) is 0. The van der Waals surface area contributed by atoms with Gasteiger partial charge < -0.3 is 9.15 Å². The lowest BCUT2D eigenvalue weighted by atomic mass is 10.0. The SMILES string of the molecule is COC(=O)c1ccc(-c2nc(-c3cc(C(F)(F)F)cc(C(F)(F)F)c3)co2)cc1. The zero-order valence-electron chi connectivity index (χ0n) is 14.6. The van der Waals surface area contributed by atoms with Gasteiger partial charge in [-0.3, -0.25) is 0 Å². The molecule has 0 unspecified atom stereocenters. The molecular formula is C19H11F6NO3. The number of oxazole rings is 1. The Balaban J connectivity index is 2.00. The van der Waals surface area contributed by atoms with E-state index >= 15 is 0 Å². The fourth-order valence-electron chi connectivity index (χ4n) is 2.51. The second kappa shape index (κ2) is 7.26. The number of esters is 1. The van der Waals surface area contributed by atoms with Crippen LogP contribution in [0.3, 0.4) is 0 Å². The summed E-state index contributed by atoms with van der Waals surface area (Å²) >= 11 is 0. The first kappa shape index (κ1) is 20.4. The number of hydrogen-bond donors (Lipinski definition) is 0. The summed E-state index contributed by atoms with van der Waals surface area (Å²) in [5, 5.41) is 0. The monoisotopic (exact) mass is 415 g/mol. The zero-order chi connectivity index (χ0) is 21.4. The number of nitrogens with zero attached hydrogens (tertiary/aromatic N) is 1. The van der Waals surface area contributed by atoms with Crippen molar-refractivity contribution in [2.45, 2.75) is 12.4 Å². The molecule has 0 amide bonds. The minimum Gasteiger partial charge on any atom is -0.465 e. The van der Waals surface area contributed by atoms with Crippen LogP contribution < -0.4 is 0 Å². The number of alkyl halides is 6. The van der Waals surface area contributed by atoms with Crippen molar-refractivity contribution in [3.05, 3.63) is 65.4 Å². The number of aromatic nitrogens is 1. The molecule has 29 heavy (non-hydrogen) atoms. The maximum absolute atomic E-state index is 13.0. The summed E-state index contributed by atoms with van der Waals surface area (Å²) in [4.78, 5) is 15.4. The van der Waals surface area contributed by atoms with E-state index in [1.807, 2.05) is 0 Å². The molecule has 3 aromatic rings. The van der Waals surface area contributed by atoms with Crippen LogP contribution in [-0.4, -0.2) is 18.1 Å². The van der Waals surface area contributed by atoms with Gasteiger partial charge in [0.1, 0.15) is 12.0 Å². The Hall–Kier alpha value is -3.30. The Bertz CT molecular complexity index is 1000. The van der Waals surface area contributed by atoms with Gasteiger partial charge in [-0.15, -0.1) is 0 Å². The van der Waals surface area contributed by atoms with Crippen molar-refractivity contribution in [1.29, 1.82) is 0 Å². The van der Waals surface area contributed by atoms with Crippen LogP contribution in [0, 0.1) is 0 Å². The third kappa shape index (κ3) is 4.41. The van der Waals surface area contributed by atoms with Gasteiger partial charge in [0.05, 0.1) is 23.8 Å². The highest BCUT2D eigenvalue weighted by Gasteiger charge is 2.37. The molecule has 1 heterocycles. The van der Waals surface area contributed by atoms with E-state index in [9.17, 15) is 31.1 Å². The number of benzene rings is 2. The van der Waals surface area contributed by atoms with Crippen molar-refractivity contribution in [3.8, 4) is 22.7 Å². The van der Waals surface area contributed by atoms with Crippen molar-refractivity contribution in [2.24, 2.45) is 0 Å². The van der Waals surface area contributed by atoms with Crippen LogP contribution in [0.4, 0.5) is 26.3 Å². The first-order chi connectivity index (χ1) is 13.5. The molecule has 0 saturated carbocycles. The maximum Gasteiger partial charge on any atom is 0.416 e. The Labute approximate surface area is 159 Å². The van der Waals surface area contributed by atoms with Crippen molar-refractivity contribution < 1.29 is 40.3 Å². The van der Waals surface area contributed by atoms with Gasteiger partial charge in [-0.05, 0) is 42.5 Å². The Morgan fingerprint density at radius 2 is 1.45 bits per heavy atom. The van der Waals surface area contributed by atoms with E-state index < -0.39 is 35.0 Å². The summed E-state index contributed by atoms with van der Waals surface area (Å²) < 4.78 is 87.8. The van der Waals surface area contributed by atoms with Crippen LogP contribution in [0.1, 0.15) is 21.5 Å². The van der Waals surface area contributed by atoms with Crippen LogP contribution in [-0.2, 0) is 17.1 Å². The first-order valence-electron chi connectivity index (χ1n) is 7.93. The normalized spacial score (nSPS) is 12.1. The van der Waals surface area contributed by atoms with Crippen molar-refractivity contribution in [3.63, 3.8) is 0 Å². The topological polar surface area (TPSA) is 52.3 Å². The van der Waals surface area contributed by atoms with Gasteiger partial charge in [0.15, 0.2) is 0 Å². The molecule has 1 aromatic heterocycles. The Morgan fingerprint density at radius 1 is 0.897 bits per heavy atom. The van der Waals surface area contributed by atoms with Crippen LogP contribution in [0.15, 0.2) is 53.1 Å². The fraction of sp³-hybridized carbons (Fsp3) is 0.158. The van der Waals surface area contributed by atoms with E-state index in [0.717, 1.165) is 6.26 Å². The number of carbonyl (C=O) groups excluding carboxylic acids is 1. The lowest BCUT2D eigenvalue weighted by Gasteiger charge is -2.13. The molecular weight excluding hydrogens is 404 g/mol. The van der Waals surface area contributed by atoms with E-state index in [1.54, 1.807) is 0 Å². The fourth-order valence-corrected chi connectivity index (χ4v) is 2.51. The van der Waals surface area contributed by atoms with Gasteiger partial charge >= 0.3 is 18.3 Å². The third-order valence-corrected chi connectivity index (χ3v) is 3.94. The van der Waals surface area contributed by atoms with Gasteiger partial charge in [-0.1, -0.05) is 0 Å². The van der Waals surface area contributed by atoms with Crippen LogP contribution in [0.5, 0.6) is 0 Å². The largest absolute Gasteiger partial charge is 0.465 e. The molecule has 0 atom stereocenters. The van der Waals surface area contributed by atoms with Gasteiger partial charge in [0.2, 0.25) is 5.89 Å². The van der Waals surface area contributed by atoms with Gasteiger partial charge in [0.25, 0.3) is 0 Å². The summed E-state index contributed by atoms with van der Waals surface area (Å²) in [7, 11) is 1.21. The molecule has 0 spiro atoms. The number of methoxy groups -OCH3 is 1. The molecule has 4 nitrogen and oxygen atoms in total. The molecule has 0 aliphatic rings. The lowest BCUT2D eigenvalue weighted by molar-refractivity contribution is -0.143. The van der Waals surface area contributed by atoms with E-state index in [1.165, 1.54) is 31.4 Å². The van der Waals surface area contributed by atoms with Gasteiger partial charge in [0, 0.05) is 11.1 Å². The van der Waals surface area contributed by atoms with Crippen LogP contribution >= 0.6 is 0 Å². The molecule has 0 radical (unpaired) electrons. The molecule has 0 aliphatic heterocycles. The van der Waals surface area contributed by atoms with Crippen molar-refractivity contribution in [2.75, 3.05) is 7.11 Å². The standard InChI is InChI=1S/C19H11F6NO3/c1-28-17(27)11-4-2-10(3-5-11)16-26-15(9-29-16)12-6-13(18(20,21)22)8-14(7-12)19(23,24)25/h2-9H,1H3. The number of ether oxygens (including phenoxy) is 1. The molecule has 0 aliphatic carbocycles. The Morgan fingerprint density at radius 3 is 1.93 bits per heavy atom. The highest BCUT2D eigenvalue weighted by molar-refractivity contribution is 5.89. The molecule has 0 bridgehead atoms. The average Bonchev–Trinajstić information content (AvgIpc) is 3.16. The van der Waals surface area contributed by atoms with Gasteiger partial charge in [-0.25, -0.2) is 9.78 Å². The number of carbonyl (C=O) groups is 1. The Kier molecular flexibility index (Phi) is 5.12. The molecule has 2 aromatic carbocycles. The summed E-state index contributed by atoms with van der Waals surface area (Å²) in [5.74, 6) is -0.615. The highest BCUT2D eigenvalue weighted by Crippen LogP contribution is 2.38. The predicted octanol–water partition coefficient (Wildman–Crippen LogP) is 5.83. The molecule has 0 fully saturated rings. The lowest BCUT2D eigenvalue weighted by Crippen LogP contribution is -2.11. The third-order valence-electron chi connectivity index (χ3n) is 3.94. The predicted molar refractivity (Wildman–Crippen MR) is 88.7 cm³/mol. The molecule has 10 heteroatoms. The number of halogens is 6. The smallest absolute Gasteiger partial charge is 0.416 e. The van der Waals surface area contributed by atoms with E-state index in [4.69, 9.17) is 4.42 Å². The molecule has 0 saturated heterocycles. The second-order valence-corrected chi connectivity index (χ2v) is 5.90. The van der Waals surface area contributed by atoms with Crippen LogP contribution in [0.25, 0.3) is 22.7 Å². The average molecular weight is 415 g/mol. The summed E-state index contributed by atoms with van der Waals surface area (Å²) in [6, 6.07) is 6.91. The quantitative estimate of drug-likeness (QED) is 0.399. The molecule has 152 valence electrons. The summed E-state index contributed by atoms with van der Waals surface area (Å²) in [5.41, 5.74) is -2.88. The highest BCUT2D eigenvalue weighted by atomic mass is 19.4. The maximum atomic E-state index is 13.0. The van der Waals surface area contributed by atoms with E-state index in [-0.39, 0.29) is 23.2 Å². The molecule has 0 N–H and O–H groups in total. The summed E-state index contributed by atoms with van der Waals surface area (Å²) in [6.07, 6.45) is -8.97. The van der Waals surface area contributed by atoms with Crippen LogP contribution in [0.2, 0.25) is 0 Å². The van der Waals surface area contributed by atoms with E-state index in [2.05, 4.69) is 9.72 Å². The van der Waals surface area contributed by atoms with Crippen molar-refractivity contribution in [1.82, 2.24) is 4.98 Å². The second-order valence-electron chi connectivity index (χ2n) is 5.90.